The van der Waals surface area contributed by atoms with Crippen molar-refractivity contribution in [1.82, 2.24) is 9.88 Å². The zero-order valence-electron chi connectivity index (χ0n) is 18.3. The van der Waals surface area contributed by atoms with Crippen LogP contribution in [0.25, 0.3) is 0 Å². The summed E-state index contributed by atoms with van der Waals surface area (Å²) in [5.74, 6) is -2.47. The van der Waals surface area contributed by atoms with E-state index < -0.39 is 40.2 Å². The Morgan fingerprint density at radius 3 is 2.69 bits per heavy atom. The molecular formula is C23H27FN2O6. The van der Waals surface area contributed by atoms with Crippen molar-refractivity contribution in [3.8, 4) is 5.75 Å². The minimum atomic E-state index is -0.966. The van der Waals surface area contributed by atoms with Crippen LogP contribution in [-0.4, -0.2) is 48.3 Å². The number of methoxy groups -OCH3 is 2. The number of fused-ring (bicyclic) bond motifs is 1. The van der Waals surface area contributed by atoms with Gasteiger partial charge >= 0.3 is 0 Å². The number of amides is 1. The number of nitrogens with zero attached hydrogens (tertiary/aromatic N) is 1. The molecule has 0 aliphatic carbocycles. The molecular weight excluding hydrogens is 419 g/mol. The van der Waals surface area contributed by atoms with E-state index in [0.717, 1.165) is 0 Å². The lowest BCUT2D eigenvalue weighted by molar-refractivity contribution is -0.0209. The number of halogens is 1. The predicted molar refractivity (Wildman–Crippen MR) is 114 cm³/mol. The smallest absolute Gasteiger partial charge is 0.257 e. The molecule has 0 saturated carbocycles. The number of nitrogens with one attached hydrogen (secondary N) is 1. The summed E-state index contributed by atoms with van der Waals surface area (Å²) in [4.78, 5) is 38.7. The molecule has 2 N–H and O–H groups in total. The van der Waals surface area contributed by atoms with E-state index in [1.165, 1.54) is 36.1 Å². The number of pyridine rings is 1. The van der Waals surface area contributed by atoms with Crippen LogP contribution in [0.1, 0.15) is 46.2 Å². The van der Waals surface area contributed by atoms with E-state index in [9.17, 15) is 23.9 Å². The highest BCUT2D eigenvalue weighted by atomic mass is 19.1. The molecule has 0 spiro atoms. The standard InChI is InChI=1S/C23H27FN2O6/c1-23(9-6-10-31-2)17(32-3)13-26-12-15(19(27)20(28)18(26)21(23)29)22(30)25-11-14-7-4-5-8-16(14)24/h4-5,7-8,12,17,28H,6,9-11,13H2,1-3H3,(H,25,30). The normalized spacial score (nSPS) is 20.1. The monoisotopic (exact) mass is 446 g/mol. The molecule has 32 heavy (non-hydrogen) atoms. The molecule has 172 valence electrons. The Morgan fingerprint density at radius 1 is 1.31 bits per heavy atom. The predicted octanol–water partition coefficient (Wildman–Crippen LogP) is 2.27. The van der Waals surface area contributed by atoms with Gasteiger partial charge in [-0.15, -0.1) is 0 Å². The first kappa shape index (κ1) is 23.6. The Hall–Kier alpha value is -3.04. The van der Waals surface area contributed by atoms with Crippen LogP contribution in [0.5, 0.6) is 5.75 Å². The number of rotatable bonds is 8. The summed E-state index contributed by atoms with van der Waals surface area (Å²) in [5.41, 5.74) is -2.15. The Morgan fingerprint density at radius 2 is 2.03 bits per heavy atom. The lowest BCUT2D eigenvalue weighted by atomic mass is 9.72. The summed E-state index contributed by atoms with van der Waals surface area (Å²) < 4.78 is 25.8. The first-order valence-corrected chi connectivity index (χ1v) is 10.3. The van der Waals surface area contributed by atoms with Gasteiger partial charge in [0.1, 0.15) is 17.1 Å². The highest BCUT2D eigenvalue weighted by Crippen LogP contribution is 2.40. The summed E-state index contributed by atoms with van der Waals surface area (Å²) in [7, 11) is 3.06. The topological polar surface area (TPSA) is 107 Å². The van der Waals surface area contributed by atoms with Gasteiger partial charge in [-0.2, -0.15) is 0 Å². The molecule has 1 aromatic heterocycles. The third kappa shape index (κ3) is 4.31. The Bertz CT molecular complexity index is 1080. The Kier molecular flexibility index (Phi) is 7.10. The van der Waals surface area contributed by atoms with Crippen LogP contribution in [0.15, 0.2) is 35.3 Å². The minimum absolute atomic E-state index is 0.134. The fraction of sp³-hybridized carbons (Fsp3) is 0.435. The SMILES string of the molecule is COCCCC1(C)C(=O)c2c(O)c(=O)c(C(=O)NCc3ccccc3F)cn2CC1OC. The van der Waals surface area contributed by atoms with Crippen LogP contribution >= 0.6 is 0 Å². The largest absolute Gasteiger partial charge is 0.503 e. The molecule has 3 rings (SSSR count). The van der Waals surface area contributed by atoms with Gasteiger partial charge in [-0.3, -0.25) is 14.4 Å². The third-order valence-corrected chi connectivity index (χ3v) is 6.03. The second-order valence-electron chi connectivity index (χ2n) is 8.06. The van der Waals surface area contributed by atoms with Gasteiger partial charge in [-0.25, -0.2) is 4.39 Å². The molecule has 0 fully saturated rings. The van der Waals surface area contributed by atoms with E-state index in [-0.39, 0.29) is 29.9 Å². The molecule has 1 aromatic carbocycles. The molecule has 2 heterocycles. The number of hydrogen-bond acceptors (Lipinski definition) is 6. The number of Topliss-reactive ketones (excluding diaryl/α,β-unsaturated/α-hetero) is 1. The lowest BCUT2D eigenvalue weighted by Crippen LogP contribution is -2.50. The number of carbonyl (C=O) groups is 2. The van der Waals surface area contributed by atoms with Crippen LogP contribution < -0.4 is 10.7 Å². The summed E-state index contributed by atoms with van der Waals surface area (Å²) in [6.07, 6.45) is 1.75. The van der Waals surface area contributed by atoms with Crippen molar-refractivity contribution in [1.29, 1.82) is 0 Å². The van der Waals surface area contributed by atoms with Crippen LogP contribution in [-0.2, 0) is 22.6 Å². The molecule has 0 bridgehead atoms. The number of benzene rings is 1. The number of ketones is 1. The molecule has 2 unspecified atom stereocenters. The lowest BCUT2D eigenvalue weighted by Gasteiger charge is -2.41. The van der Waals surface area contributed by atoms with E-state index in [1.807, 2.05) is 0 Å². The van der Waals surface area contributed by atoms with Gasteiger partial charge in [-0.1, -0.05) is 18.2 Å². The van der Waals surface area contributed by atoms with Gasteiger partial charge in [0.15, 0.2) is 11.5 Å². The number of aromatic nitrogens is 1. The second-order valence-corrected chi connectivity index (χ2v) is 8.06. The molecule has 2 aromatic rings. The second kappa shape index (κ2) is 9.62. The van der Waals surface area contributed by atoms with Crippen molar-refractivity contribution >= 4 is 11.7 Å². The third-order valence-electron chi connectivity index (χ3n) is 6.03. The molecule has 1 aliphatic heterocycles. The summed E-state index contributed by atoms with van der Waals surface area (Å²) >= 11 is 0. The minimum Gasteiger partial charge on any atom is -0.503 e. The van der Waals surface area contributed by atoms with Crippen LogP contribution in [0, 0.1) is 11.2 Å². The van der Waals surface area contributed by atoms with Crippen LogP contribution in [0.4, 0.5) is 4.39 Å². The number of aromatic hydroxyl groups is 1. The van der Waals surface area contributed by atoms with Gasteiger partial charge in [0.05, 0.1) is 18.1 Å². The van der Waals surface area contributed by atoms with Crippen molar-refractivity contribution in [2.24, 2.45) is 5.41 Å². The van der Waals surface area contributed by atoms with Gasteiger partial charge in [0.25, 0.3) is 5.91 Å². The zero-order valence-corrected chi connectivity index (χ0v) is 18.3. The fourth-order valence-electron chi connectivity index (χ4n) is 4.10. The number of hydrogen-bond donors (Lipinski definition) is 2. The number of carbonyl (C=O) groups excluding carboxylic acids is 2. The molecule has 0 radical (unpaired) electrons. The highest BCUT2D eigenvalue weighted by Gasteiger charge is 2.48. The summed E-state index contributed by atoms with van der Waals surface area (Å²) in [6, 6.07) is 5.94. The van der Waals surface area contributed by atoms with Crippen molar-refractivity contribution in [2.45, 2.75) is 39.0 Å². The molecule has 8 nitrogen and oxygen atoms in total. The van der Waals surface area contributed by atoms with E-state index in [4.69, 9.17) is 9.47 Å². The molecule has 0 saturated heterocycles. The zero-order chi connectivity index (χ0) is 23.5. The van der Waals surface area contributed by atoms with E-state index in [1.54, 1.807) is 20.1 Å². The van der Waals surface area contributed by atoms with Crippen molar-refractivity contribution in [2.75, 3.05) is 20.8 Å². The summed E-state index contributed by atoms with van der Waals surface area (Å²) in [5, 5.41) is 13.1. The maximum atomic E-state index is 13.8. The molecule has 1 amide bonds. The van der Waals surface area contributed by atoms with Gasteiger partial charge in [0, 0.05) is 39.1 Å². The van der Waals surface area contributed by atoms with Crippen molar-refractivity contribution in [3.63, 3.8) is 0 Å². The van der Waals surface area contributed by atoms with Crippen LogP contribution in [0.2, 0.25) is 0 Å². The van der Waals surface area contributed by atoms with E-state index >= 15 is 0 Å². The Labute approximate surface area is 185 Å². The van der Waals surface area contributed by atoms with Crippen molar-refractivity contribution < 1.29 is 28.6 Å². The summed E-state index contributed by atoms with van der Waals surface area (Å²) in [6.45, 7) is 2.23. The fourth-order valence-corrected chi connectivity index (χ4v) is 4.10. The van der Waals surface area contributed by atoms with Gasteiger partial charge in [0.2, 0.25) is 5.43 Å². The van der Waals surface area contributed by atoms with E-state index in [2.05, 4.69) is 5.32 Å². The van der Waals surface area contributed by atoms with Gasteiger partial charge < -0.3 is 24.5 Å². The van der Waals surface area contributed by atoms with Crippen molar-refractivity contribution in [3.05, 3.63) is 63.3 Å². The average Bonchev–Trinajstić information content (AvgIpc) is 2.77. The maximum absolute atomic E-state index is 13.8. The number of ether oxygens (including phenoxy) is 2. The quantitative estimate of drug-likeness (QED) is 0.603. The van der Waals surface area contributed by atoms with E-state index in [0.29, 0.717) is 19.4 Å². The molecule has 1 aliphatic rings. The highest BCUT2D eigenvalue weighted by molar-refractivity contribution is 6.03. The van der Waals surface area contributed by atoms with Gasteiger partial charge in [-0.05, 0) is 25.8 Å². The molecule has 2 atom stereocenters. The first-order chi connectivity index (χ1) is 15.2. The van der Waals surface area contributed by atoms with Crippen LogP contribution in [0.3, 0.4) is 0 Å². The maximum Gasteiger partial charge on any atom is 0.257 e. The Balaban J connectivity index is 1.92. The average molecular weight is 446 g/mol. The first-order valence-electron chi connectivity index (χ1n) is 10.3. The molecule has 9 heteroatoms.